The van der Waals surface area contributed by atoms with Gasteiger partial charge in [-0.05, 0) is 12.0 Å². The maximum Gasteiger partial charge on any atom is 0.411 e. The van der Waals surface area contributed by atoms with Gasteiger partial charge < -0.3 is 29.0 Å². The van der Waals surface area contributed by atoms with Crippen LogP contribution in [0.5, 0.6) is 0 Å². The van der Waals surface area contributed by atoms with Crippen LogP contribution in [0.25, 0.3) is 0 Å². The SMILES string of the molecule is CC12COC(CN3CC[C@](CO)(N4C(=O)OC[C@@H]4c4ccccc4)C3=O)(OC1)OC2. The van der Waals surface area contributed by atoms with Gasteiger partial charge in [0.05, 0.1) is 32.5 Å². The van der Waals surface area contributed by atoms with Crippen molar-refractivity contribution in [2.24, 2.45) is 5.41 Å². The fraction of sp³-hybridized carbons (Fsp3) is 0.619. The summed E-state index contributed by atoms with van der Waals surface area (Å²) in [6.07, 6.45) is -0.310. The molecule has 9 heteroatoms. The van der Waals surface area contributed by atoms with Crippen LogP contribution in [0.15, 0.2) is 30.3 Å². The number of carbonyl (C=O) groups is 2. The summed E-state index contributed by atoms with van der Waals surface area (Å²) in [6.45, 7) is 3.58. The number of hydrogen-bond donors (Lipinski definition) is 1. The van der Waals surface area contributed by atoms with Crippen LogP contribution < -0.4 is 0 Å². The van der Waals surface area contributed by atoms with Gasteiger partial charge in [-0.1, -0.05) is 37.3 Å². The first-order valence-electron chi connectivity index (χ1n) is 10.2. The summed E-state index contributed by atoms with van der Waals surface area (Å²) in [7, 11) is 0. The second kappa shape index (κ2) is 6.91. The summed E-state index contributed by atoms with van der Waals surface area (Å²) in [6, 6.07) is 8.95. The van der Waals surface area contributed by atoms with E-state index in [9.17, 15) is 14.7 Å². The minimum Gasteiger partial charge on any atom is -0.447 e. The van der Waals surface area contributed by atoms with Crippen LogP contribution in [-0.4, -0.2) is 84.5 Å². The number of carbonyl (C=O) groups excluding carboxylic acids is 2. The van der Waals surface area contributed by atoms with Crippen molar-refractivity contribution in [3.05, 3.63) is 35.9 Å². The molecule has 1 aromatic carbocycles. The summed E-state index contributed by atoms with van der Waals surface area (Å²) in [4.78, 5) is 29.1. The van der Waals surface area contributed by atoms with Gasteiger partial charge in [0.2, 0.25) is 0 Å². The maximum absolute atomic E-state index is 13.5. The zero-order valence-electron chi connectivity index (χ0n) is 16.9. The van der Waals surface area contributed by atoms with Gasteiger partial charge in [-0.25, -0.2) is 4.79 Å². The van der Waals surface area contributed by atoms with Crippen LogP contribution in [-0.2, 0) is 23.7 Å². The molecule has 2 atom stereocenters. The molecular formula is C21H26N2O7. The van der Waals surface area contributed by atoms with E-state index in [1.54, 1.807) is 4.90 Å². The number of fused-ring (bicyclic) bond motifs is 3. The number of rotatable bonds is 5. The lowest BCUT2D eigenvalue weighted by molar-refractivity contribution is -0.466. The van der Waals surface area contributed by atoms with E-state index in [1.807, 2.05) is 37.3 Å². The molecule has 0 unspecified atom stereocenters. The molecule has 0 saturated carbocycles. The van der Waals surface area contributed by atoms with E-state index in [-0.39, 0.29) is 30.9 Å². The Hall–Kier alpha value is -2.20. The molecule has 30 heavy (non-hydrogen) atoms. The van der Waals surface area contributed by atoms with E-state index in [0.717, 1.165) is 5.56 Å². The van der Waals surface area contributed by atoms with Gasteiger partial charge in [0.15, 0.2) is 5.54 Å². The van der Waals surface area contributed by atoms with Gasteiger partial charge in [-0.15, -0.1) is 0 Å². The Morgan fingerprint density at radius 3 is 2.40 bits per heavy atom. The molecule has 5 aliphatic rings. The van der Waals surface area contributed by atoms with Crippen LogP contribution in [0.1, 0.15) is 24.9 Å². The molecule has 0 spiro atoms. The van der Waals surface area contributed by atoms with Crippen LogP contribution >= 0.6 is 0 Å². The Morgan fingerprint density at radius 2 is 1.77 bits per heavy atom. The molecule has 1 aromatic rings. The largest absolute Gasteiger partial charge is 0.447 e. The standard InChI is InChI=1S/C21H26N2O7/c1-19-12-28-21(29-13-19,30-14-19)10-22-8-7-20(11-24,17(22)25)23-16(9-27-18(23)26)15-5-3-2-4-6-15/h2-6,16,24H,7-14H2,1H3/t16-,19?,20-,21?/m1/s1. The van der Waals surface area contributed by atoms with Gasteiger partial charge in [0.1, 0.15) is 13.2 Å². The highest BCUT2D eigenvalue weighted by atomic mass is 16.9. The molecule has 5 heterocycles. The molecule has 0 aromatic heterocycles. The number of cyclic esters (lactones) is 1. The van der Waals surface area contributed by atoms with E-state index in [4.69, 9.17) is 18.9 Å². The molecule has 6 rings (SSSR count). The molecule has 5 aliphatic heterocycles. The molecule has 2 bridgehead atoms. The second-order valence-corrected chi connectivity index (χ2v) is 8.90. The first-order chi connectivity index (χ1) is 14.4. The number of aliphatic hydroxyl groups excluding tert-OH is 1. The van der Waals surface area contributed by atoms with Crippen molar-refractivity contribution in [2.45, 2.75) is 30.9 Å². The van der Waals surface area contributed by atoms with Crippen molar-refractivity contribution in [3.63, 3.8) is 0 Å². The van der Waals surface area contributed by atoms with Crippen molar-refractivity contribution >= 4 is 12.0 Å². The number of aliphatic hydroxyl groups is 1. The van der Waals surface area contributed by atoms with E-state index < -0.39 is 30.3 Å². The average molecular weight is 418 g/mol. The predicted molar refractivity (Wildman–Crippen MR) is 102 cm³/mol. The maximum atomic E-state index is 13.5. The zero-order chi connectivity index (χ0) is 21.0. The number of ether oxygens (including phenoxy) is 4. The van der Waals surface area contributed by atoms with E-state index in [0.29, 0.717) is 26.4 Å². The Morgan fingerprint density at radius 1 is 1.10 bits per heavy atom. The molecule has 5 saturated heterocycles. The van der Waals surface area contributed by atoms with E-state index >= 15 is 0 Å². The quantitative estimate of drug-likeness (QED) is 0.758. The molecule has 162 valence electrons. The molecular weight excluding hydrogens is 392 g/mol. The molecule has 0 radical (unpaired) electrons. The van der Waals surface area contributed by atoms with Crippen LogP contribution in [0, 0.1) is 5.41 Å². The summed E-state index contributed by atoms with van der Waals surface area (Å²) in [5.74, 6) is -1.64. The van der Waals surface area contributed by atoms with Crippen LogP contribution in [0.3, 0.4) is 0 Å². The highest BCUT2D eigenvalue weighted by Gasteiger charge is 2.60. The number of benzene rings is 1. The molecule has 2 amide bonds. The van der Waals surface area contributed by atoms with E-state index in [1.165, 1.54) is 4.90 Å². The van der Waals surface area contributed by atoms with Crippen LogP contribution in [0.4, 0.5) is 4.79 Å². The third kappa shape index (κ3) is 2.91. The molecule has 0 aliphatic carbocycles. The molecule has 1 N–H and O–H groups in total. The van der Waals surface area contributed by atoms with Crippen molar-refractivity contribution in [1.82, 2.24) is 9.80 Å². The first kappa shape index (κ1) is 19.7. The summed E-state index contributed by atoms with van der Waals surface area (Å²) >= 11 is 0. The van der Waals surface area contributed by atoms with Gasteiger partial charge in [-0.3, -0.25) is 9.69 Å². The fourth-order valence-corrected chi connectivity index (χ4v) is 4.71. The summed E-state index contributed by atoms with van der Waals surface area (Å²) < 4.78 is 22.7. The highest BCUT2D eigenvalue weighted by Crippen LogP contribution is 2.43. The minimum absolute atomic E-state index is 0.0859. The summed E-state index contributed by atoms with van der Waals surface area (Å²) in [5.41, 5.74) is -0.703. The van der Waals surface area contributed by atoms with Gasteiger partial charge in [-0.2, -0.15) is 0 Å². The Kier molecular flexibility index (Phi) is 4.55. The number of amides is 2. The average Bonchev–Trinajstić information content (AvgIpc) is 3.31. The third-order valence-corrected chi connectivity index (χ3v) is 6.57. The zero-order valence-corrected chi connectivity index (χ0v) is 16.9. The van der Waals surface area contributed by atoms with Crippen molar-refractivity contribution in [3.8, 4) is 0 Å². The van der Waals surface area contributed by atoms with Gasteiger partial charge in [0, 0.05) is 12.0 Å². The normalized spacial score (nSPS) is 38.4. The lowest BCUT2D eigenvalue weighted by atomic mass is 9.92. The molecule has 5 fully saturated rings. The van der Waals surface area contributed by atoms with Crippen molar-refractivity contribution in [2.75, 3.05) is 46.1 Å². The van der Waals surface area contributed by atoms with Crippen LogP contribution in [0.2, 0.25) is 0 Å². The number of nitrogens with zero attached hydrogens (tertiary/aromatic N) is 2. The van der Waals surface area contributed by atoms with Crippen molar-refractivity contribution < 1.29 is 33.6 Å². The third-order valence-electron chi connectivity index (χ3n) is 6.57. The molecule has 9 nitrogen and oxygen atoms in total. The second-order valence-electron chi connectivity index (χ2n) is 8.90. The number of hydrogen-bond acceptors (Lipinski definition) is 7. The monoisotopic (exact) mass is 418 g/mol. The Bertz CT molecular complexity index is 822. The smallest absolute Gasteiger partial charge is 0.411 e. The lowest BCUT2D eigenvalue weighted by Crippen LogP contribution is -2.64. The topological polar surface area (TPSA) is 97.8 Å². The Balaban J connectivity index is 1.39. The first-order valence-corrected chi connectivity index (χ1v) is 10.2. The highest BCUT2D eigenvalue weighted by molar-refractivity contribution is 5.92. The van der Waals surface area contributed by atoms with Gasteiger partial charge >= 0.3 is 12.1 Å². The lowest BCUT2D eigenvalue weighted by Gasteiger charge is -2.51. The van der Waals surface area contributed by atoms with Gasteiger partial charge in [0.25, 0.3) is 5.91 Å². The minimum atomic E-state index is -1.39. The van der Waals surface area contributed by atoms with E-state index in [2.05, 4.69) is 0 Å². The van der Waals surface area contributed by atoms with Crippen molar-refractivity contribution in [1.29, 1.82) is 0 Å². The summed E-state index contributed by atoms with van der Waals surface area (Å²) in [5, 5.41) is 10.3. The predicted octanol–water partition coefficient (Wildman–Crippen LogP) is 0.880. The fourth-order valence-electron chi connectivity index (χ4n) is 4.71. The number of likely N-dealkylation sites (tertiary alicyclic amines) is 1. The Labute approximate surface area is 174 Å².